The number of hydrogen-bond donors (Lipinski definition) is 1. The number of rotatable bonds is 1. The Balaban J connectivity index is 2.21. The number of thiophene rings is 1. The SMILES string of the molecule is CC(C)[C@H]1NCCc2c1sc1ccccc21. The van der Waals surface area contributed by atoms with Crippen molar-refractivity contribution in [2.75, 3.05) is 6.54 Å². The van der Waals surface area contributed by atoms with Crippen LogP contribution in [-0.4, -0.2) is 6.54 Å². The van der Waals surface area contributed by atoms with E-state index in [4.69, 9.17) is 0 Å². The average molecular weight is 231 g/mol. The van der Waals surface area contributed by atoms with Gasteiger partial charge in [-0.2, -0.15) is 0 Å². The summed E-state index contributed by atoms with van der Waals surface area (Å²) in [6.07, 6.45) is 1.18. The number of hydrogen-bond acceptors (Lipinski definition) is 2. The van der Waals surface area contributed by atoms with Crippen LogP contribution in [-0.2, 0) is 6.42 Å². The van der Waals surface area contributed by atoms with Crippen molar-refractivity contribution in [3.63, 3.8) is 0 Å². The van der Waals surface area contributed by atoms with Gasteiger partial charge in [-0.05, 0) is 35.9 Å². The van der Waals surface area contributed by atoms with Crippen LogP contribution in [0.1, 0.15) is 30.3 Å². The lowest BCUT2D eigenvalue weighted by atomic mass is 9.93. The molecule has 1 atom stereocenters. The van der Waals surface area contributed by atoms with E-state index >= 15 is 0 Å². The highest BCUT2D eigenvalue weighted by molar-refractivity contribution is 7.19. The van der Waals surface area contributed by atoms with E-state index in [0.29, 0.717) is 12.0 Å². The molecule has 1 aliphatic rings. The normalized spacial score (nSPS) is 20.3. The van der Waals surface area contributed by atoms with Crippen LogP contribution in [0.15, 0.2) is 24.3 Å². The Morgan fingerprint density at radius 2 is 2.12 bits per heavy atom. The van der Waals surface area contributed by atoms with Gasteiger partial charge < -0.3 is 5.32 Å². The minimum atomic E-state index is 0.557. The minimum Gasteiger partial charge on any atom is -0.309 e. The lowest BCUT2D eigenvalue weighted by Gasteiger charge is -2.27. The quantitative estimate of drug-likeness (QED) is 0.788. The van der Waals surface area contributed by atoms with Crippen molar-refractivity contribution in [1.82, 2.24) is 5.32 Å². The van der Waals surface area contributed by atoms with Crippen molar-refractivity contribution >= 4 is 21.4 Å². The molecular formula is C14H17NS. The van der Waals surface area contributed by atoms with Crippen LogP contribution in [0, 0.1) is 5.92 Å². The highest BCUT2D eigenvalue weighted by atomic mass is 32.1. The zero-order valence-electron chi connectivity index (χ0n) is 9.79. The molecule has 2 heterocycles. The lowest BCUT2D eigenvalue weighted by Crippen LogP contribution is -2.31. The largest absolute Gasteiger partial charge is 0.309 e. The van der Waals surface area contributed by atoms with Crippen LogP contribution in [0.2, 0.25) is 0 Å². The van der Waals surface area contributed by atoms with Crippen molar-refractivity contribution in [2.24, 2.45) is 5.92 Å². The molecule has 0 amide bonds. The summed E-state index contributed by atoms with van der Waals surface area (Å²) in [5, 5.41) is 5.13. The van der Waals surface area contributed by atoms with E-state index in [-0.39, 0.29) is 0 Å². The summed E-state index contributed by atoms with van der Waals surface area (Å²) in [5.41, 5.74) is 1.60. The summed E-state index contributed by atoms with van der Waals surface area (Å²) < 4.78 is 1.45. The fraction of sp³-hybridized carbons (Fsp3) is 0.429. The first-order valence-corrected chi connectivity index (χ1v) is 6.82. The van der Waals surface area contributed by atoms with Crippen molar-refractivity contribution in [2.45, 2.75) is 26.3 Å². The zero-order chi connectivity index (χ0) is 11.1. The van der Waals surface area contributed by atoms with Gasteiger partial charge in [0.2, 0.25) is 0 Å². The molecule has 84 valence electrons. The van der Waals surface area contributed by atoms with Gasteiger partial charge in [-0.15, -0.1) is 11.3 Å². The van der Waals surface area contributed by atoms with E-state index in [0.717, 1.165) is 6.54 Å². The third-order valence-electron chi connectivity index (χ3n) is 3.42. The second-order valence-corrected chi connectivity index (χ2v) is 5.95. The summed E-state index contributed by atoms with van der Waals surface area (Å²) in [6, 6.07) is 9.37. The highest BCUT2D eigenvalue weighted by Crippen LogP contribution is 2.39. The molecule has 0 spiro atoms. The molecule has 1 N–H and O–H groups in total. The monoisotopic (exact) mass is 231 g/mol. The Morgan fingerprint density at radius 3 is 2.94 bits per heavy atom. The fourth-order valence-corrected chi connectivity index (χ4v) is 4.11. The van der Waals surface area contributed by atoms with Crippen LogP contribution in [0.25, 0.3) is 10.1 Å². The Bertz CT molecular complexity index is 512. The summed E-state index contributed by atoms with van der Waals surface area (Å²) in [7, 11) is 0. The highest BCUT2D eigenvalue weighted by Gasteiger charge is 2.25. The molecule has 2 heteroatoms. The van der Waals surface area contributed by atoms with Gasteiger partial charge in [0.05, 0.1) is 0 Å². The summed E-state index contributed by atoms with van der Waals surface area (Å²) in [6.45, 7) is 5.73. The van der Waals surface area contributed by atoms with E-state index in [1.54, 1.807) is 10.4 Å². The van der Waals surface area contributed by atoms with Crippen LogP contribution < -0.4 is 5.32 Å². The van der Waals surface area contributed by atoms with Gasteiger partial charge in [0, 0.05) is 15.6 Å². The molecule has 1 aromatic heterocycles. The van der Waals surface area contributed by atoms with E-state index in [1.807, 2.05) is 11.3 Å². The fourth-order valence-electron chi connectivity index (χ4n) is 2.61. The maximum absolute atomic E-state index is 3.65. The Hall–Kier alpha value is -0.860. The average Bonchev–Trinajstić information content (AvgIpc) is 2.67. The van der Waals surface area contributed by atoms with Crippen molar-refractivity contribution in [3.8, 4) is 0 Å². The van der Waals surface area contributed by atoms with Crippen molar-refractivity contribution < 1.29 is 0 Å². The molecule has 2 aromatic rings. The van der Waals surface area contributed by atoms with Crippen molar-refractivity contribution in [1.29, 1.82) is 0 Å². The van der Waals surface area contributed by atoms with Gasteiger partial charge in [0.15, 0.2) is 0 Å². The number of nitrogens with one attached hydrogen (secondary N) is 1. The minimum absolute atomic E-state index is 0.557. The molecule has 0 saturated carbocycles. The summed E-state index contributed by atoms with van der Waals surface area (Å²) in [5.74, 6) is 0.673. The third kappa shape index (κ3) is 1.48. The smallest absolute Gasteiger partial charge is 0.0441 e. The maximum Gasteiger partial charge on any atom is 0.0441 e. The van der Waals surface area contributed by atoms with Crippen LogP contribution in [0.3, 0.4) is 0 Å². The summed E-state index contributed by atoms with van der Waals surface area (Å²) >= 11 is 1.97. The van der Waals surface area contributed by atoms with Gasteiger partial charge in [-0.25, -0.2) is 0 Å². The van der Waals surface area contributed by atoms with Crippen LogP contribution in [0.4, 0.5) is 0 Å². The second kappa shape index (κ2) is 3.86. The number of benzene rings is 1. The third-order valence-corrected chi connectivity index (χ3v) is 4.71. The van der Waals surface area contributed by atoms with Crippen LogP contribution in [0.5, 0.6) is 0 Å². The second-order valence-electron chi connectivity index (χ2n) is 4.87. The molecule has 16 heavy (non-hydrogen) atoms. The molecule has 1 aliphatic heterocycles. The standard InChI is InChI=1S/C14H17NS/c1-9(2)13-14-11(7-8-15-13)10-5-3-4-6-12(10)16-14/h3-6,9,13,15H,7-8H2,1-2H3/t13-/m1/s1. The molecular weight excluding hydrogens is 214 g/mol. The molecule has 0 fully saturated rings. The van der Waals surface area contributed by atoms with Crippen molar-refractivity contribution in [3.05, 3.63) is 34.7 Å². The van der Waals surface area contributed by atoms with E-state index in [9.17, 15) is 0 Å². The van der Waals surface area contributed by atoms with Gasteiger partial charge in [-0.3, -0.25) is 0 Å². The van der Waals surface area contributed by atoms with Gasteiger partial charge in [0.25, 0.3) is 0 Å². The molecule has 0 radical (unpaired) electrons. The molecule has 0 aliphatic carbocycles. The molecule has 1 nitrogen and oxygen atoms in total. The Labute approximate surface area is 100 Å². The maximum atomic E-state index is 3.65. The first kappa shape index (κ1) is 10.3. The van der Waals surface area contributed by atoms with E-state index in [1.165, 1.54) is 16.5 Å². The lowest BCUT2D eigenvalue weighted by molar-refractivity contribution is 0.403. The molecule has 0 bridgehead atoms. The van der Waals surface area contributed by atoms with E-state index < -0.39 is 0 Å². The van der Waals surface area contributed by atoms with Crippen LogP contribution >= 0.6 is 11.3 Å². The molecule has 0 unspecified atom stereocenters. The topological polar surface area (TPSA) is 12.0 Å². The summed E-state index contributed by atoms with van der Waals surface area (Å²) in [4.78, 5) is 1.57. The predicted octanol–water partition coefficient (Wildman–Crippen LogP) is 3.74. The molecule has 3 rings (SSSR count). The zero-order valence-corrected chi connectivity index (χ0v) is 10.6. The first-order chi connectivity index (χ1) is 7.77. The van der Waals surface area contributed by atoms with Gasteiger partial charge in [-0.1, -0.05) is 32.0 Å². The first-order valence-electron chi connectivity index (χ1n) is 6.01. The molecule has 0 saturated heterocycles. The van der Waals surface area contributed by atoms with E-state index in [2.05, 4.69) is 43.4 Å². The Kier molecular flexibility index (Phi) is 2.49. The molecule has 1 aromatic carbocycles. The predicted molar refractivity (Wildman–Crippen MR) is 71.1 cm³/mol. The Morgan fingerprint density at radius 1 is 1.31 bits per heavy atom. The number of fused-ring (bicyclic) bond motifs is 3. The van der Waals surface area contributed by atoms with Gasteiger partial charge in [0.1, 0.15) is 0 Å². The van der Waals surface area contributed by atoms with Gasteiger partial charge >= 0.3 is 0 Å².